The summed E-state index contributed by atoms with van der Waals surface area (Å²) in [5.41, 5.74) is -0.109. The minimum atomic E-state index is -1.81. The highest BCUT2D eigenvalue weighted by Crippen LogP contribution is 2.27. The number of aliphatic hydroxyl groups is 1. The van der Waals surface area contributed by atoms with Crippen LogP contribution in [0.5, 0.6) is 5.75 Å². The van der Waals surface area contributed by atoms with Crippen molar-refractivity contribution in [3.05, 3.63) is 65.2 Å². The lowest BCUT2D eigenvalue weighted by Gasteiger charge is -2.28. The molecule has 0 radical (unpaired) electrons. The van der Waals surface area contributed by atoms with Crippen molar-refractivity contribution in [2.45, 2.75) is 70.8 Å². The van der Waals surface area contributed by atoms with E-state index in [9.17, 15) is 37.1 Å². The van der Waals surface area contributed by atoms with E-state index in [1.54, 1.807) is 32.9 Å². The molecule has 3 rings (SSSR count). The number of ether oxygens (including phenoxy) is 3. The van der Waals surface area contributed by atoms with E-state index in [0.717, 1.165) is 5.56 Å². The molecule has 1 aliphatic heterocycles. The number of likely N-dealkylation sites (tertiary alicyclic amines) is 1. The van der Waals surface area contributed by atoms with Crippen LogP contribution in [0.4, 0.5) is 22.4 Å². The van der Waals surface area contributed by atoms with Crippen LogP contribution >= 0.6 is 0 Å². The SMILES string of the molecule is CC(C)(C)OC(=O)C[C@H](NC(=O)C1CCCCN(C(=O)OCc2ccccc2)C1)C(O)COc1c(F)c(F)cc(F)c1F. The molecule has 2 aromatic rings. The van der Waals surface area contributed by atoms with Gasteiger partial charge in [-0.25, -0.2) is 13.6 Å². The third-order valence-corrected chi connectivity index (χ3v) is 6.57. The summed E-state index contributed by atoms with van der Waals surface area (Å²) >= 11 is 0. The van der Waals surface area contributed by atoms with Crippen molar-refractivity contribution in [1.29, 1.82) is 0 Å². The van der Waals surface area contributed by atoms with Gasteiger partial charge in [0.25, 0.3) is 0 Å². The fourth-order valence-electron chi connectivity index (χ4n) is 4.44. The van der Waals surface area contributed by atoms with E-state index >= 15 is 0 Å². The summed E-state index contributed by atoms with van der Waals surface area (Å²) in [5, 5.41) is 13.3. The Bertz CT molecular complexity index is 1250. The number of halogens is 4. The normalized spacial score (nSPS) is 16.9. The zero-order valence-corrected chi connectivity index (χ0v) is 24.2. The second-order valence-electron chi connectivity index (χ2n) is 11.3. The van der Waals surface area contributed by atoms with Gasteiger partial charge in [0.15, 0.2) is 17.4 Å². The van der Waals surface area contributed by atoms with Crippen molar-refractivity contribution in [3.8, 4) is 5.75 Å². The first kappa shape index (κ1) is 33.6. The Morgan fingerprint density at radius 1 is 1.05 bits per heavy atom. The van der Waals surface area contributed by atoms with Crippen LogP contribution in [0.15, 0.2) is 36.4 Å². The highest BCUT2D eigenvalue weighted by atomic mass is 19.2. The van der Waals surface area contributed by atoms with Crippen LogP contribution < -0.4 is 10.1 Å². The topological polar surface area (TPSA) is 114 Å². The molecule has 1 saturated heterocycles. The molecule has 2 N–H and O–H groups in total. The average molecular weight is 613 g/mol. The maximum Gasteiger partial charge on any atom is 0.410 e. The Morgan fingerprint density at radius 3 is 2.33 bits per heavy atom. The van der Waals surface area contributed by atoms with E-state index in [1.807, 2.05) is 18.2 Å². The molecule has 1 aliphatic rings. The van der Waals surface area contributed by atoms with E-state index < -0.39 is 83.7 Å². The minimum Gasteiger partial charge on any atom is -0.485 e. The third kappa shape index (κ3) is 10.1. The number of hydrogen-bond donors (Lipinski definition) is 2. The fraction of sp³-hybridized carbons (Fsp3) is 0.500. The number of carbonyl (C=O) groups is 3. The molecule has 0 saturated carbocycles. The van der Waals surface area contributed by atoms with Gasteiger partial charge in [0.05, 0.1) is 18.4 Å². The lowest BCUT2D eigenvalue weighted by molar-refractivity contribution is -0.156. The van der Waals surface area contributed by atoms with E-state index in [0.29, 0.717) is 25.8 Å². The first-order valence-electron chi connectivity index (χ1n) is 13.9. The predicted octanol–water partition coefficient (Wildman–Crippen LogP) is 4.64. The van der Waals surface area contributed by atoms with Crippen LogP contribution in [0, 0.1) is 29.2 Å². The van der Waals surface area contributed by atoms with Gasteiger partial charge in [-0.2, -0.15) is 8.78 Å². The highest BCUT2D eigenvalue weighted by Gasteiger charge is 2.33. The first-order valence-corrected chi connectivity index (χ1v) is 13.9. The first-order chi connectivity index (χ1) is 20.2. The number of nitrogens with one attached hydrogen (secondary N) is 1. The standard InChI is InChI=1S/C30H36F4N2O7/c1-30(2,3)43-24(38)14-22(23(37)17-41-27-25(33)20(31)13-21(32)26(27)34)35-28(39)19-11-7-8-12-36(15-19)29(40)42-16-18-9-5-4-6-10-18/h4-6,9-10,13,19,22-23,37H,7-8,11-12,14-17H2,1-3H3,(H,35,39)/t19?,22-,23?/m0/s1. The van der Waals surface area contributed by atoms with Crippen LogP contribution in [-0.4, -0.2) is 65.4 Å². The number of rotatable bonds is 10. The molecule has 0 aromatic heterocycles. The van der Waals surface area contributed by atoms with Crippen LogP contribution in [0.2, 0.25) is 0 Å². The second kappa shape index (κ2) is 15.0. The summed E-state index contributed by atoms with van der Waals surface area (Å²) in [6, 6.07) is 7.69. The van der Waals surface area contributed by atoms with Gasteiger partial charge in [-0.15, -0.1) is 0 Å². The molecular formula is C30H36F4N2O7. The van der Waals surface area contributed by atoms with Gasteiger partial charge in [0, 0.05) is 19.2 Å². The Hall–Kier alpha value is -3.87. The van der Waals surface area contributed by atoms with Gasteiger partial charge in [-0.05, 0) is 39.2 Å². The summed E-state index contributed by atoms with van der Waals surface area (Å²) in [5.74, 6) is -10.6. The van der Waals surface area contributed by atoms with Gasteiger partial charge >= 0.3 is 12.1 Å². The summed E-state index contributed by atoms with van der Waals surface area (Å²) in [4.78, 5) is 40.1. The second-order valence-corrected chi connectivity index (χ2v) is 11.3. The van der Waals surface area contributed by atoms with Gasteiger partial charge in [-0.1, -0.05) is 36.8 Å². The van der Waals surface area contributed by atoms with Gasteiger partial charge in [0.2, 0.25) is 17.5 Å². The van der Waals surface area contributed by atoms with Crippen molar-refractivity contribution >= 4 is 18.0 Å². The number of amides is 2. The van der Waals surface area contributed by atoms with Gasteiger partial charge in [0.1, 0.15) is 24.9 Å². The van der Waals surface area contributed by atoms with Crippen LogP contribution in [0.25, 0.3) is 0 Å². The molecule has 2 aromatic carbocycles. The Kier molecular flexibility index (Phi) is 11.8. The van der Waals surface area contributed by atoms with Crippen molar-refractivity contribution < 1.29 is 51.3 Å². The number of carbonyl (C=O) groups excluding carboxylic acids is 3. The molecule has 2 amide bonds. The smallest absolute Gasteiger partial charge is 0.410 e. The van der Waals surface area contributed by atoms with E-state index in [2.05, 4.69) is 5.32 Å². The number of nitrogens with zero attached hydrogens (tertiary/aromatic N) is 1. The molecule has 3 atom stereocenters. The maximum absolute atomic E-state index is 14.1. The van der Waals surface area contributed by atoms with Crippen molar-refractivity contribution in [1.82, 2.24) is 10.2 Å². The van der Waals surface area contributed by atoms with Gasteiger partial charge in [-0.3, -0.25) is 9.59 Å². The molecule has 43 heavy (non-hydrogen) atoms. The molecule has 13 heteroatoms. The summed E-state index contributed by atoms with van der Waals surface area (Å²) in [6.07, 6.45) is -1.33. The Morgan fingerprint density at radius 2 is 1.70 bits per heavy atom. The summed E-state index contributed by atoms with van der Waals surface area (Å²) in [7, 11) is 0. The lowest BCUT2D eigenvalue weighted by atomic mass is 10.0. The highest BCUT2D eigenvalue weighted by molar-refractivity contribution is 5.81. The summed E-state index contributed by atoms with van der Waals surface area (Å²) in [6.45, 7) is 4.30. The van der Waals surface area contributed by atoms with Crippen molar-refractivity contribution in [2.24, 2.45) is 5.92 Å². The molecule has 236 valence electrons. The third-order valence-electron chi connectivity index (χ3n) is 6.57. The van der Waals surface area contributed by atoms with Crippen LogP contribution in [0.1, 0.15) is 52.0 Å². The Balaban J connectivity index is 1.70. The molecule has 1 heterocycles. The molecule has 0 spiro atoms. The average Bonchev–Trinajstić information content (AvgIpc) is 3.21. The van der Waals surface area contributed by atoms with Gasteiger partial charge < -0.3 is 29.5 Å². The molecule has 0 aliphatic carbocycles. The molecular weight excluding hydrogens is 576 g/mol. The van der Waals surface area contributed by atoms with E-state index in [1.165, 1.54) is 4.90 Å². The monoisotopic (exact) mass is 612 g/mol. The molecule has 9 nitrogen and oxygen atoms in total. The number of aliphatic hydroxyl groups excluding tert-OH is 1. The molecule has 0 bridgehead atoms. The maximum atomic E-state index is 14.1. The Labute approximate surface area is 247 Å². The minimum absolute atomic E-state index is 0.00417. The lowest BCUT2D eigenvalue weighted by Crippen LogP contribution is -2.51. The fourth-order valence-corrected chi connectivity index (χ4v) is 4.44. The zero-order valence-electron chi connectivity index (χ0n) is 24.2. The zero-order chi connectivity index (χ0) is 31.7. The number of hydrogen-bond acceptors (Lipinski definition) is 7. The molecule has 2 unspecified atom stereocenters. The van der Waals surface area contributed by atoms with Crippen molar-refractivity contribution in [2.75, 3.05) is 19.7 Å². The van der Waals surface area contributed by atoms with E-state index in [-0.39, 0.29) is 19.2 Å². The molecule has 1 fully saturated rings. The largest absolute Gasteiger partial charge is 0.485 e. The van der Waals surface area contributed by atoms with Crippen LogP contribution in [-0.2, 0) is 25.7 Å². The van der Waals surface area contributed by atoms with E-state index in [4.69, 9.17) is 14.2 Å². The number of benzene rings is 2. The predicted molar refractivity (Wildman–Crippen MR) is 146 cm³/mol. The quantitative estimate of drug-likeness (QED) is 0.228. The van der Waals surface area contributed by atoms with Crippen LogP contribution in [0.3, 0.4) is 0 Å². The number of esters is 1. The van der Waals surface area contributed by atoms with Crippen molar-refractivity contribution in [3.63, 3.8) is 0 Å². The summed E-state index contributed by atoms with van der Waals surface area (Å²) < 4.78 is 70.8.